The highest BCUT2D eigenvalue weighted by molar-refractivity contribution is 6.33. The summed E-state index contributed by atoms with van der Waals surface area (Å²) in [5, 5.41) is 6.87. The maximum Gasteiger partial charge on any atom is 0.283 e. The molecule has 1 spiro atoms. The number of aromatic amines is 1. The lowest BCUT2D eigenvalue weighted by Crippen LogP contribution is -2.64. The zero-order chi connectivity index (χ0) is 22.9. The van der Waals surface area contributed by atoms with Crippen LogP contribution in [-0.4, -0.2) is 66.1 Å². The fourth-order valence-electron chi connectivity index (χ4n) is 4.91. The molecular formula is C23H28Cl2N4O3. The summed E-state index contributed by atoms with van der Waals surface area (Å²) in [5.41, 5.74) is 2.17. The summed E-state index contributed by atoms with van der Waals surface area (Å²) < 4.78 is 6.29. The molecule has 0 radical (unpaired) electrons. The number of carbonyl (C=O) groups excluding carboxylic acids is 1. The van der Waals surface area contributed by atoms with Crippen molar-refractivity contribution in [2.45, 2.75) is 38.3 Å². The van der Waals surface area contributed by atoms with E-state index in [9.17, 15) is 9.59 Å². The first-order valence-corrected chi connectivity index (χ1v) is 11.6. The van der Waals surface area contributed by atoms with Crippen LogP contribution in [-0.2, 0) is 13.0 Å². The minimum atomic E-state index is -0.331. The number of benzene rings is 1. The normalized spacial score (nSPS) is 17.9. The van der Waals surface area contributed by atoms with Gasteiger partial charge in [0.05, 0.1) is 17.3 Å². The highest BCUT2D eigenvalue weighted by Gasteiger charge is 2.53. The van der Waals surface area contributed by atoms with Crippen LogP contribution >= 0.6 is 23.2 Å². The SMILES string of the molecule is CN(C)Cc1c(OC2CC3(C2)CN(CCCc2cn[nH]c(=O)c2Cl)C3)ccc(Cl)c1C=O. The molecule has 1 aromatic carbocycles. The van der Waals surface area contributed by atoms with Crippen LogP contribution in [0.1, 0.15) is 40.7 Å². The summed E-state index contributed by atoms with van der Waals surface area (Å²) in [6.07, 6.45) is 6.34. The fraction of sp³-hybridized carbons (Fsp3) is 0.522. The topological polar surface area (TPSA) is 78.5 Å². The van der Waals surface area contributed by atoms with E-state index in [2.05, 4.69) is 15.1 Å². The number of hydrogen-bond acceptors (Lipinski definition) is 6. The summed E-state index contributed by atoms with van der Waals surface area (Å²) in [7, 11) is 3.92. The molecule has 0 amide bonds. The highest BCUT2D eigenvalue weighted by Crippen LogP contribution is 2.50. The second-order valence-electron chi connectivity index (χ2n) is 9.29. The van der Waals surface area contributed by atoms with Crippen molar-refractivity contribution >= 4 is 29.5 Å². The van der Waals surface area contributed by atoms with Gasteiger partial charge in [0.2, 0.25) is 0 Å². The summed E-state index contributed by atoms with van der Waals surface area (Å²) in [4.78, 5) is 27.5. The number of rotatable bonds is 9. The van der Waals surface area contributed by atoms with E-state index in [0.717, 1.165) is 68.5 Å². The maximum absolute atomic E-state index is 11.6. The van der Waals surface area contributed by atoms with E-state index in [1.807, 2.05) is 25.1 Å². The van der Waals surface area contributed by atoms with Gasteiger partial charge in [-0.2, -0.15) is 5.10 Å². The van der Waals surface area contributed by atoms with Gasteiger partial charge in [0.25, 0.3) is 5.56 Å². The molecular weight excluding hydrogens is 451 g/mol. The van der Waals surface area contributed by atoms with Gasteiger partial charge in [-0.1, -0.05) is 23.2 Å². The Morgan fingerprint density at radius 1 is 1.31 bits per heavy atom. The Morgan fingerprint density at radius 3 is 2.75 bits per heavy atom. The number of aryl methyl sites for hydroxylation is 1. The number of halogens is 2. The van der Waals surface area contributed by atoms with E-state index >= 15 is 0 Å². The molecule has 1 saturated carbocycles. The largest absolute Gasteiger partial charge is 0.490 e. The molecule has 2 fully saturated rings. The number of hydrogen-bond donors (Lipinski definition) is 1. The molecule has 0 unspecified atom stereocenters. The Bertz CT molecular complexity index is 1040. The molecule has 0 bridgehead atoms. The van der Waals surface area contributed by atoms with Gasteiger partial charge >= 0.3 is 0 Å². The quantitative estimate of drug-likeness (QED) is 0.556. The standard InChI is InChI=1S/C23H28Cl2N4O3/c1-28(2)11-17-18(12-30)19(24)5-6-20(17)32-16-8-23(9-16)13-29(14-23)7-3-4-15-10-26-27-22(31)21(15)25/h5-6,10,12,16H,3-4,7-9,11,13-14H2,1-2H3,(H,27,31). The Labute approximate surface area is 197 Å². The second kappa shape index (κ2) is 9.51. The van der Waals surface area contributed by atoms with Gasteiger partial charge in [0.1, 0.15) is 10.8 Å². The second-order valence-corrected chi connectivity index (χ2v) is 10.1. The third-order valence-electron chi connectivity index (χ3n) is 6.37. The van der Waals surface area contributed by atoms with Crippen LogP contribution in [0.15, 0.2) is 23.1 Å². The molecule has 2 aliphatic rings. The molecule has 1 aliphatic carbocycles. The monoisotopic (exact) mass is 478 g/mol. The molecule has 7 nitrogen and oxygen atoms in total. The van der Waals surface area contributed by atoms with Gasteiger partial charge in [0.15, 0.2) is 6.29 Å². The van der Waals surface area contributed by atoms with Crippen LogP contribution in [0.3, 0.4) is 0 Å². The zero-order valence-electron chi connectivity index (χ0n) is 18.4. The molecule has 4 rings (SSSR count). The number of carbonyl (C=O) groups is 1. The average Bonchev–Trinajstić information content (AvgIpc) is 2.69. The van der Waals surface area contributed by atoms with Crippen molar-refractivity contribution in [3.63, 3.8) is 0 Å². The van der Waals surface area contributed by atoms with Crippen molar-refractivity contribution in [1.29, 1.82) is 0 Å². The molecule has 1 aromatic heterocycles. The summed E-state index contributed by atoms with van der Waals surface area (Å²) in [6.45, 7) is 3.71. The lowest BCUT2D eigenvalue weighted by atomic mass is 9.61. The fourth-order valence-corrected chi connectivity index (χ4v) is 5.32. The van der Waals surface area contributed by atoms with Gasteiger partial charge in [-0.05, 0) is 64.0 Å². The van der Waals surface area contributed by atoms with Crippen LogP contribution in [0.25, 0.3) is 0 Å². The van der Waals surface area contributed by atoms with Crippen LogP contribution < -0.4 is 10.3 Å². The van der Waals surface area contributed by atoms with Crippen molar-refractivity contribution in [2.24, 2.45) is 5.41 Å². The first-order valence-electron chi connectivity index (χ1n) is 10.8. The summed E-state index contributed by atoms with van der Waals surface area (Å²) in [5.74, 6) is 0.754. The Hall–Kier alpha value is -1.93. The van der Waals surface area contributed by atoms with Gasteiger partial charge in [0, 0.05) is 36.2 Å². The third-order valence-corrected chi connectivity index (χ3v) is 7.12. The first kappa shape index (κ1) is 23.2. The van der Waals surface area contributed by atoms with E-state index in [-0.39, 0.29) is 16.7 Å². The molecule has 172 valence electrons. The van der Waals surface area contributed by atoms with E-state index in [0.29, 0.717) is 22.5 Å². The first-order chi connectivity index (χ1) is 15.3. The number of H-pyrrole nitrogens is 1. The molecule has 9 heteroatoms. The van der Waals surface area contributed by atoms with Crippen LogP contribution in [0.5, 0.6) is 5.75 Å². The van der Waals surface area contributed by atoms with Crippen molar-refractivity contribution in [2.75, 3.05) is 33.7 Å². The molecule has 1 saturated heterocycles. The van der Waals surface area contributed by atoms with E-state index < -0.39 is 0 Å². The van der Waals surface area contributed by atoms with Crippen molar-refractivity contribution < 1.29 is 9.53 Å². The molecule has 2 aromatic rings. The van der Waals surface area contributed by atoms with Gasteiger partial charge in [-0.3, -0.25) is 9.59 Å². The van der Waals surface area contributed by atoms with Gasteiger partial charge < -0.3 is 14.5 Å². The van der Waals surface area contributed by atoms with Crippen molar-refractivity contribution in [3.8, 4) is 5.75 Å². The third kappa shape index (κ3) is 4.86. The van der Waals surface area contributed by atoms with E-state index in [4.69, 9.17) is 27.9 Å². The highest BCUT2D eigenvalue weighted by atomic mass is 35.5. The molecule has 1 N–H and O–H groups in total. The predicted molar refractivity (Wildman–Crippen MR) is 125 cm³/mol. The Kier molecular flexibility index (Phi) is 6.91. The summed E-state index contributed by atoms with van der Waals surface area (Å²) in [6, 6.07) is 3.61. The van der Waals surface area contributed by atoms with Crippen LogP contribution in [0.2, 0.25) is 10.0 Å². The Morgan fingerprint density at radius 2 is 2.06 bits per heavy atom. The molecule has 0 atom stereocenters. The number of nitrogens with one attached hydrogen (secondary N) is 1. The van der Waals surface area contributed by atoms with Crippen LogP contribution in [0, 0.1) is 5.41 Å². The van der Waals surface area contributed by atoms with Crippen molar-refractivity contribution in [1.82, 2.24) is 20.0 Å². The number of ether oxygens (including phenoxy) is 1. The lowest BCUT2D eigenvalue weighted by Gasteiger charge is -2.58. The Balaban J connectivity index is 1.26. The predicted octanol–water partition coefficient (Wildman–Crippen LogP) is 3.43. The zero-order valence-corrected chi connectivity index (χ0v) is 19.9. The minimum absolute atomic E-state index is 0.166. The van der Waals surface area contributed by atoms with Crippen molar-refractivity contribution in [3.05, 3.63) is 55.4 Å². The van der Waals surface area contributed by atoms with Crippen LogP contribution in [0.4, 0.5) is 0 Å². The lowest BCUT2D eigenvalue weighted by molar-refractivity contribution is -0.119. The van der Waals surface area contributed by atoms with E-state index in [1.165, 1.54) is 0 Å². The van der Waals surface area contributed by atoms with Gasteiger partial charge in [-0.25, -0.2) is 5.10 Å². The van der Waals surface area contributed by atoms with E-state index in [1.54, 1.807) is 12.3 Å². The smallest absolute Gasteiger partial charge is 0.283 e. The number of aldehydes is 1. The summed E-state index contributed by atoms with van der Waals surface area (Å²) >= 11 is 12.3. The molecule has 1 aliphatic heterocycles. The molecule has 2 heterocycles. The maximum atomic E-state index is 11.6. The number of likely N-dealkylation sites (tertiary alicyclic amines) is 1. The molecule has 32 heavy (non-hydrogen) atoms. The number of nitrogens with zero attached hydrogens (tertiary/aromatic N) is 3. The minimum Gasteiger partial charge on any atom is -0.490 e. The number of aromatic nitrogens is 2. The van der Waals surface area contributed by atoms with Gasteiger partial charge in [-0.15, -0.1) is 0 Å². The average molecular weight is 479 g/mol.